The van der Waals surface area contributed by atoms with E-state index in [-0.39, 0.29) is 5.78 Å². The first-order valence-corrected chi connectivity index (χ1v) is 8.37. The van der Waals surface area contributed by atoms with Gasteiger partial charge >= 0.3 is 8.80 Å². The number of Topliss-reactive ketones (excluding diaryl/α,β-unsaturated/α-hetero) is 1. The van der Waals surface area contributed by atoms with Crippen molar-refractivity contribution in [2.45, 2.75) is 52.2 Å². The van der Waals surface area contributed by atoms with E-state index in [2.05, 4.69) is 6.58 Å². The Morgan fingerprint density at radius 3 is 2.11 bits per heavy atom. The molecule has 0 bridgehead atoms. The van der Waals surface area contributed by atoms with Crippen LogP contribution in [-0.4, -0.2) is 34.9 Å². The lowest BCUT2D eigenvalue weighted by molar-refractivity contribution is -0.124. The third kappa shape index (κ3) is 5.02. The Kier molecular flexibility index (Phi) is 8.35. The Bertz CT molecular complexity index is 274. The highest BCUT2D eigenvalue weighted by Crippen LogP contribution is 2.21. The van der Waals surface area contributed by atoms with Crippen molar-refractivity contribution in [1.29, 1.82) is 0 Å². The van der Waals surface area contributed by atoms with Gasteiger partial charge in [0.25, 0.3) is 0 Å². The van der Waals surface area contributed by atoms with Gasteiger partial charge in [-0.2, -0.15) is 0 Å². The average Bonchev–Trinajstić information content (AvgIpc) is 2.36. The molecule has 0 aromatic heterocycles. The van der Waals surface area contributed by atoms with Gasteiger partial charge in [0.05, 0.1) is 0 Å². The molecule has 0 aromatic rings. The summed E-state index contributed by atoms with van der Waals surface area (Å²) in [6.07, 6.45) is 1.93. The second-order valence-corrected chi connectivity index (χ2v) is 7.30. The van der Waals surface area contributed by atoms with Gasteiger partial charge < -0.3 is 13.3 Å². The maximum absolute atomic E-state index is 12.0. The van der Waals surface area contributed by atoms with Crippen molar-refractivity contribution in [3.8, 4) is 0 Å². The molecular weight excluding hydrogens is 248 g/mol. The molecule has 0 saturated carbocycles. The summed E-state index contributed by atoms with van der Waals surface area (Å²) >= 11 is 0. The maximum atomic E-state index is 12.0. The second-order valence-electron chi connectivity index (χ2n) is 4.38. The summed E-state index contributed by atoms with van der Waals surface area (Å²) in [7, 11) is 0.452. The van der Waals surface area contributed by atoms with Crippen LogP contribution in [0.3, 0.4) is 0 Å². The summed E-state index contributed by atoms with van der Waals surface area (Å²) in [5, 5.41) is 0. The molecular formula is C13H26O4Si. The zero-order valence-corrected chi connectivity index (χ0v) is 13.2. The molecule has 0 rings (SSSR count). The molecule has 0 radical (unpaired) electrons. The number of hydrogen-bond acceptors (Lipinski definition) is 4. The molecule has 0 spiro atoms. The molecule has 0 aliphatic heterocycles. The predicted octanol–water partition coefficient (Wildman–Crippen LogP) is 2.96. The van der Waals surface area contributed by atoms with E-state index in [1.165, 1.54) is 0 Å². The lowest BCUT2D eigenvalue weighted by Gasteiger charge is -2.30. The standard InChI is InChI=1S/C13H26O4Si/c1-7-9-12(13(14)11(3)4)17-18(15-5,16-6)10-8-2/h12H,3,7-10H2,1-2,4-6H3. The van der Waals surface area contributed by atoms with E-state index in [0.717, 1.165) is 12.8 Å². The van der Waals surface area contributed by atoms with Crippen LogP contribution < -0.4 is 0 Å². The topological polar surface area (TPSA) is 44.8 Å². The van der Waals surface area contributed by atoms with Crippen molar-refractivity contribution >= 4 is 14.6 Å². The van der Waals surface area contributed by atoms with Crippen LogP contribution in [0.25, 0.3) is 0 Å². The number of carbonyl (C=O) groups is 1. The molecule has 0 amide bonds. The molecule has 0 aliphatic rings. The predicted molar refractivity (Wildman–Crippen MR) is 74.5 cm³/mol. The van der Waals surface area contributed by atoms with E-state index >= 15 is 0 Å². The lowest BCUT2D eigenvalue weighted by Crippen LogP contribution is -2.48. The Hall–Kier alpha value is -0.493. The fraction of sp³-hybridized carbons (Fsp3) is 0.769. The molecule has 0 aliphatic carbocycles. The van der Waals surface area contributed by atoms with Gasteiger partial charge in [-0.1, -0.05) is 33.3 Å². The van der Waals surface area contributed by atoms with Gasteiger partial charge in [-0.25, -0.2) is 0 Å². The van der Waals surface area contributed by atoms with E-state index in [4.69, 9.17) is 13.3 Å². The quantitative estimate of drug-likeness (QED) is 0.454. The smallest absolute Gasteiger partial charge is 0.377 e. The van der Waals surface area contributed by atoms with E-state index in [1.54, 1.807) is 21.1 Å². The third-order valence-electron chi connectivity index (χ3n) is 2.76. The summed E-state index contributed by atoms with van der Waals surface area (Å²) in [4.78, 5) is 12.0. The number of carbonyl (C=O) groups excluding carboxylic acids is 1. The van der Waals surface area contributed by atoms with Gasteiger partial charge in [0.15, 0.2) is 5.78 Å². The number of ketones is 1. The molecule has 1 atom stereocenters. The molecule has 1 unspecified atom stereocenters. The van der Waals surface area contributed by atoms with Crippen LogP contribution >= 0.6 is 0 Å². The minimum atomic E-state index is -2.71. The highest BCUT2D eigenvalue weighted by Gasteiger charge is 2.42. The largest absolute Gasteiger partial charge is 0.501 e. The summed E-state index contributed by atoms with van der Waals surface area (Å²) in [5.74, 6) is -0.0565. The van der Waals surface area contributed by atoms with Crippen molar-refractivity contribution in [3.63, 3.8) is 0 Å². The zero-order chi connectivity index (χ0) is 14.2. The molecule has 0 aromatic carbocycles. The Morgan fingerprint density at radius 2 is 1.78 bits per heavy atom. The molecule has 0 N–H and O–H groups in total. The van der Waals surface area contributed by atoms with Gasteiger partial charge in [-0.05, 0) is 18.9 Å². The summed E-state index contributed by atoms with van der Waals surface area (Å²) in [6, 6.07) is 0.712. The highest BCUT2D eigenvalue weighted by molar-refractivity contribution is 6.60. The van der Waals surface area contributed by atoms with E-state index in [0.29, 0.717) is 18.0 Å². The first-order chi connectivity index (χ1) is 8.46. The van der Waals surface area contributed by atoms with Crippen molar-refractivity contribution in [2.75, 3.05) is 14.2 Å². The van der Waals surface area contributed by atoms with Gasteiger partial charge in [0.2, 0.25) is 0 Å². The summed E-state index contributed by atoms with van der Waals surface area (Å²) in [5.41, 5.74) is 0.514. The summed E-state index contributed by atoms with van der Waals surface area (Å²) in [6.45, 7) is 9.45. The van der Waals surface area contributed by atoms with E-state index < -0.39 is 14.9 Å². The SMILES string of the molecule is C=C(C)C(=O)C(CCC)O[Si](CCC)(OC)OC. The Morgan fingerprint density at radius 1 is 1.22 bits per heavy atom. The molecule has 0 heterocycles. The normalized spacial score (nSPS) is 13.4. The maximum Gasteiger partial charge on any atom is 0.501 e. The average molecular weight is 274 g/mol. The van der Waals surface area contributed by atoms with Crippen LogP contribution in [0.4, 0.5) is 0 Å². The van der Waals surface area contributed by atoms with E-state index in [9.17, 15) is 4.79 Å². The molecule has 0 fully saturated rings. The number of rotatable bonds is 10. The number of hydrogen-bond donors (Lipinski definition) is 0. The highest BCUT2D eigenvalue weighted by atomic mass is 28.4. The molecule has 106 valence electrons. The van der Waals surface area contributed by atoms with Crippen LogP contribution in [0.2, 0.25) is 6.04 Å². The zero-order valence-electron chi connectivity index (χ0n) is 12.2. The van der Waals surface area contributed by atoms with Gasteiger partial charge in [0.1, 0.15) is 6.10 Å². The van der Waals surface area contributed by atoms with Crippen molar-refractivity contribution in [2.24, 2.45) is 0 Å². The molecule has 0 saturated heterocycles. The minimum Gasteiger partial charge on any atom is -0.377 e. The Balaban J connectivity index is 4.91. The lowest BCUT2D eigenvalue weighted by atomic mass is 10.1. The summed E-state index contributed by atoms with van der Waals surface area (Å²) < 4.78 is 16.8. The van der Waals surface area contributed by atoms with E-state index in [1.807, 2.05) is 13.8 Å². The fourth-order valence-corrected chi connectivity index (χ4v) is 3.90. The van der Waals surface area contributed by atoms with Crippen LogP contribution in [0.5, 0.6) is 0 Å². The minimum absolute atomic E-state index is 0.0565. The molecule has 5 heteroatoms. The monoisotopic (exact) mass is 274 g/mol. The Labute approximate surface area is 112 Å². The van der Waals surface area contributed by atoms with Crippen molar-refractivity contribution < 1.29 is 18.1 Å². The van der Waals surface area contributed by atoms with Crippen LogP contribution in [0.1, 0.15) is 40.0 Å². The van der Waals surface area contributed by atoms with Gasteiger partial charge in [-0.15, -0.1) is 0 Å². The fourth-order valence-electron chi connectivity index (χ4n) is 1.75. The van der Waals surface area contributed by atoms with Crippen LogP contribution in [0, 0.1) is 0 Å². The van der Waals surface area contributed by atoms with Gasteiger partial charge in [0, 0.05) is 20.3 Å². The first kappa shape index (κ1) is 17.5. The van der Waals surface area contributed by atoms with Crippen molar-refractivity contribution in [1.82, 2.24) is 0 Å². The van der Waals surface area contributed by atoms with Crippen LogP contribution in [0.15, 0.2) is 12.2 Å². The first-order valence-electron chi connectivity index (χ1n) is 6.44. The van der Waals surface area contributed by atoms with Crippen LogP contribution in [-0.2, 0) is 18.1 Å². The second kappa shape index (κ2) is 8.58. The van der Waals surface area contributed by atoms with Gasteiger partial charge in [-0.3, -0.25) is 4.79 Å². The molecule has 4 nitrogen and oxygen atoms in total. The molecule has 18 heavy (non-hydrogen) atoms. The third-order valence-corrected chi connectivity index (χ3v) is 5.76. The van der Waals surface area contributed by atoms with Crippen molar-refractivity contribution in [3.05, 3.63) is 12.2 Å².